The van der Waals surface area contributed by atoms with E-state index in [0.717, 1.165) is 11.8 Å². The van der Waals surface area contributed by atoms with Crippen molar-refractivity contribution < 1.29 is 4.79 Å². The predicted octanol–water partition coefficient (Wildman–Crippen LogP) is 2.03. The first kappa shape index (κ1) is 16.4. The van der Waals surface area contributed by atoms with Gasteiger partial charge in [-0.1, -0.05) is 30.3 Å². The van der Waals surface area contributed by atoms with Gasteiger partial charge in [0.15, 0.2) is 5.16 Å². The lowest BCUT2D eigenvalue weighted by molar-refractivity contribution is -0.115. The van der Waals surface area contributed by atoms with Crippen LogP contribution in [0.5, 0.6) is 0 Å². The fourth-order valence-corrected chi connectivity index (χ4v) is 2.50. The molecule has 1 amide bonds. The van der Waals surface area contributed by atoms with Crippen molar-refractivity contribution >= 4 is 35.1 Å². The van der Waals surface area contributed by atoms with Gasteiger partial charge in [0.1, 0.15) is 11.5 Å². The number of aromatic amines is 1. The maximum absolute atomic E-state index is 12.2. The van der Waals surface area contributed by atoms with Gasteiger partial charge >= 0.3 is 0 Å². The normalized spacial score (nSPS) is 12.0. The summed E-state index contributed by atoms with van der Waals surface area (Å²) >= 11 is 6.89. The molecule has 22 heavy (non-hydrogen) atoms. The molecule has 116 valence electrons. The molecule has 0 aliphatic carbocycles. The number of amides is 1. The van der Waals surface area contributed by atoms with Crippen molar-refractivity contribution in [2.24, 2.45) is 0 Å². The monoisotopic (exact) mass is 339 g/mol. The molecule has 0 radical (unpaired) electrons. The lowest BCUT2D eigenvalue weighted by Gasteiger charge is -2.13. The predicted molar refractivity (Wildman–Crippen MR) is 85.2 cm³/mol. The Balaban J connectivity index is 2.06. The van der Waals surface area contributed by atoms with Crippen molar-refractivity contribution in [3.8, 4) is 0 Å². The van der Waals surface area contributed by atoms with Crippen molar-refractivity contribution in [2.45, 2.75) is 30.7 Å². The van der Waals surface area contributed by atoms with Crippen molar-refractivity contribution in [3.05, 3.63) is 39.4 Å². The van der Waals surface area contributed by atoms with Crippen LogP contribution in [0.2, 0.25) is 5.02 Å². The molecule has 2 heterocycles. The topological polar surface area (TPSA) is 101 Å². The Hall–Kier alpha value is -1.93. The number of rotatable bonds is 5. The minimum absolute atomic E-state index is 0.231. The summed E-state index contributed by atoms with van der Waals surface area (Å²) in [5.41, 5.74) is -0.0284. The number of pyridine rings is 1. The van der Waals surface area contributed by atoms with Gasteiger partial charge in [-0.05, 0) is 25.5 Å². The molecule has 0 spiro atoms. The fourth-order valence-electron chi connectivity index (χ4n) is 1.54. The number of aromatic nitrogens is 4. The number of hydrogen-bond acceptors (Lipinski definition) is 6. The maximum Gasteiger partial charge on any atom is 0.273 e. The van der Waals surface area contributed by atoms with E-state index >= 15 is 0 Å². The summed E-state index contributed by atoms with van der Waals surface area (Å²) < 4.78 is 0. The van der Waals surface area contributed by atoms with Crippen LogP contribution in [-0.2, 0) is 4.79 Å². The zero-order chi connectivity index (χ0) is 16.1. The van der Waals surface area contributed by atoms with E-state index in [1.54, 1.807) is 19.1 Å². The quantitative estimate of drug-likeness (QED) is 0.808. The first-order chi connectivity index (χ1) is 10.5. The van der Waals surface area contributed by atoms with E-state index in [-0.39, 0.29) is 17.2 Å². The molecule has 2 aromatic rings. The largest absolute Gasteiger partial charge is 0.310 e. The highest BCUT2D eigenvalue weighted by Gasteiger charge is 2.20. The highest BCUT2D eigenvalue weighted by Crippen LogP contribution is 2.22. The molecule has 0 aliphatic heterocycles. The number of carbonyl (C=O) groups excluding carboxylic acids is 1. The standard InChI is InChI=1S/C13H14ClN5O2S/c1-3-9(22-13-17-11(20)7(2)18-19-13)12(21)16-10-5-4-8(14)6-15-10/h4-6,9H,3H2,1-2H3,(H,15,16,21)(H,17,19,20). The average molecular weight is 340 g/mol. The third-order valence-electron chi connectivity index (χ3n) is 2.74. The molecule has 1 atom stereocenters. The van der Waals surface area contributed by atoms with Crippen LogP contribution in [0.15, 0.2) is 28.3 Å². The summed E-state index contributed by atoms with van der Waals surface area (Å²) in [6.07, 6.45) is 2.01. The van der Waals surface area contributed by atoms with Crippen LogP contribution in [0.3, 0.4) is 0 Å². The summed E-state index contributed by atoms with van der Waals surface area (Å²) in [5, 5.41) is 10.7. The van der Waals surface area contributed by atoms with Gasteiger partial charge in [0.05, 0.1) is 10.3 Å². The van der Waals surface area contributed by atoms with Gasteiger partial charge in [-0.15, -0.1) is 10.2 Å². The maximum atomic E-state index is 12.2. The van der Waals surface area contributed by atoms with Gasteiger partial charge in [-0.3, -0.25) is 14.6 Å². The summed E-state index contributed by atoms with van der Waals surface area (Å²) in [6.45, 7) is 3.43. The van der Waals surface area contributed by atoms with E-state index in [2.05, 4.69) is 25.5 Å². The molecular formula is C13H14ClN5O2S. The van der Waals surface area contributed by atoms with Crippen LogP contribution in [0, 0.1) is 6.92 Å². The summed E-state index contributed by atoms with van der Waals surface area (Å²) in [6, 6.07) is 3.26. The molecule has 9 heteroatoms. The van der Waals surface area contributed by atoms with Crippen molar-refractivity contribution in [3.63, 3.8) is 0 Å². The molecule has 2 aromatic heterocycles. The summed E-state index contributed by atoms with van der Waals surface area (Å²) in [5.74, 6) is 0.183. The average Bonchev–Trinajstić information content (AvgIpc) is 2.50. The Morgan fingerprint density at radius 3 is 2.82 bits per heavy atom. The second-order valence-corrected chi connectivity index (χ2v) is 6.04. The SMILES string of the molecule is CCC(Sc1nnc(C)c(=O)[nH]1)C(=O)Nc1ccc(Cl)cn1. The second-order valence-electron chi connectivity index (χ2n) is 4.41. The lowest BCUT2D eigenvalue weighted by atomic mass is 10.3. The minimum Gasteiger partial charge on any atom is -0.310 e. The Morgan fingerprint density at radius 2 is 2.23 bits per heavy atom. The van der Waals surface area contributed by atoms with Gasteiger partial charge in [-0.25, -0.2) is 4.98 Å². The second kappa shape index (κ2) is 7.37. The van der Waals surface area contributed by atoms with Crippen LogP contribution in [0.1, 0.15) is 19.0 Å². The van der Waals surface area contributed by atoms with E-state index in [1.807, 2.05) is 6.92 Å². The highest BCUT2D eigenvalue weighted by molar-refractivity contribution is 8.00. The third kappa shape index (κ3) is 4.28. The fraction of sp³-hybridized carbons (Fsp3) is 0.308. The Labute approximate surface area is 135 Å². The first-order valence-corrected chi connectivity index (χ1v) is 7.78. The first-order valence-electron chi connectivity index (χ1n) is 6.52. The number of anilines is 1. The van der Waals surface area contributed by atoms with Gasteiger partial charge in [0.2, 0.25) is 5.91 Å². The van der Waals surface area contributed by atoms with Crippen LogP contribution < -0.4 is 10.9 Å². The van der Waals surface area contributed by atoms with Gasteiger partial charge in [0, 0.05) is 6.20 Å². The zero-order valence-electron chi connectivity index (χ0n) is 12.0. The third-order valence-corrected chi connectivity index (χ3v) is 4.20. The number of aryl methyl sites for hydroxylation is 1. The van der Waals surface area contributed by atoms with Crippen LogP contribution in [0.25, 0.3) is 0 Å². The molecule has 0 aliphatic rings. The Bertz CT molecular complexity index is 719. The van der Waals surface area contributed by atoms with E-state index in [1.165, 1.54) is 6.20 Å². The van der Waals surface area contributed by atoms with Gasteiger partial charge in [-0.2, -0.15) is 0 Å². The van der Waals surface area contributed by atoms with Gasteiger partial charge < -0.3 is 5.32 Å². The number of hydrogen-bond donors (Lipinski definition) is 2. The molecule has 2 N–H and O–H groups in total. The molecule has 0 saturated carbocycles. The number of thioether (sulfide) groups is 1. The molecule has 2 rings (SSSR count). The van der Waals surface area contributed by atoms with E-state index in [9.17, 15) is 9.59 Å². The van der Waals surface area contributed by atoms with Crippen molar-refractivity contribution in [2.75, 3.05) is 5.32 Å². The molecule has 1 unspecified atom stereocenters. The number of halogens is 1. The van der Waals surface area contributed by atoms with Crippen LogP contribution in [0.4, 0.5) is 5.82 Å². The number of nitrogens with zero attached hydrogens (tertiary/aromatic N) is 3. The molecule has 0 aromatic carbocycles. The van der Waals surface area contributed by atoms with Crippen LogP contribution >= 0.6 is 23.4 Å². The zero-order valence-corrected chi connectivity index (χ0v) is 13.5. The number of carbonyl (C=O) groups is 1. The Kier molecular flexibility index (Phi) is 5.51. The molecule has 0 saturated heterocycles. The van der Waals surface area contributed by atoms with E-state index in [4.69, 9.17) is 11.6 Å². The molecule has 0 bridgehead atoms. The lowest BCUT2D eigenvalue weighted by Crippen LogP contribution is -2.26. The van der Waals surface area contributed by atoms with Gasteiger partial charge in [0.25, 0.3) is 5.56 Å². The minimum atomic E-state index is -0.426. The Morgan fingerprint density at radius 1 is 1.45 bits per heavy atom. The smallest absolute Gasteiger partial charge is 0.273 e. The summed E-state index contributed by atoms with van der Waals surface area (Å²) in [4.78, 5) is 30.3. The number of H-pyrrole nitrogens is 1. The summed E-state index contributed by atoms with van der Waals surface area (Å²) in [7, 11) is 0. The van der Waals surface area contributed by atoms with E-state index < -0.39 is 5.25 Å². The van der Waals surface area contributed by atoms with Crippen molar-refractivity contribution in [1.29, 1.82) is 0 Å². The van der Waals surface area contributed by atoms with Crippen LogP contribution in [-0.4, -0.2) is 31.3 Å². The highest BCUT2D eigenvalue weighted by atomic mass is 35.5. The van der Waals surface area contributed by atoms with Crippen molar-refractivity contribution in [1.82, 2.24) is 20.2 Å². The molecule has 0 fully saturated rings. The van der Waals surface area contributed by atoms with E-state index in [0.29, 0.717) is 22.4 Å². The number of nitrogens with one attached hydrogen (secondary N) is 2. The molecule has 7 nitrogen and oxygen atoms in total. The molecular weight excluding hydrogens is 326 g/mol.